The zero-order valence-electron chi connectivity index (χ0n) is 17.9. The summed E-state index contributed by atoms with van der Waals surface area (Å²) in [7, 11) is 2.23. The molecule has 1 unspecified atom stereocenters. The van der Waals surface area contributed by atoms with E-state index in [1.807, 2.05) is 0 Å². The van der Waals surface area contributed by atoms with Crippen LogP contribution in [0.5, 0.6) is 0 Å². The average Bonchev–Trinajstić information content (AvgIpc) is 2.56. The fourth-order valence-electron chi connectivity index (χ4n) is 3.96. The molecule has 25 heavy (non-hydrogen) atoms. The fourth-order valence-corrected chi connectivity index (χ4v) is 4.64. The summed E-state index contributed by atoms with van der Waals surface area (Å²) in [4.78, 5) is 16.9. The second kappa shape index (κ2) is 9.52. The Bertz CT molecular complexity index is 414. The summed E-state index contributed by atoms with van der Waals surface area (Å²) >= 11 is 0. The lowest BCUT2D eigenvalue weighted by Gasteiger charge is -2.50. The summed E-state index contributed by atoms with van der Waals surface area (Å²) in [5, 5.41) is 1.34. The predicted molar refractivity (Wildman–Crippen MR) is 107 cm³/mol. The first-order chi connectivity index (χ1) is 11.5. The van der Waals surface area contributed by atoms with Gasteiger partial charge in [0, 0.05) is 20.1 Å². The molecule has 0 saturated heterocycles. The number of rotatable bonds is 8. The molecule has 0 bridgehead atoms. The molecule has 0 aromatic heterocycles. The van der Waals surface area contributed by atoms with Crippen LogP contribution in [0.4, 0.5) is 0 Å². The molecular weight excluding hydrogens is 330 g/mol. The molecule has 0 heterocycles. The van der Waals surface area contributed by atoms with E-state index < -0.39 is 9.04 Å². The van der Waals surface area contributed by atoms with Crippen LogP contribution in [0.25, 0.3) is 0 Å². The molecule has 5 heteroatoms. The second-order valence-corrected chi connectivity index (χ2v) is 11.8. The van der Waals surface area contributed by atoms with Crippen LogP contribution in [-0.4, -0.2) is 40.8 Å². The third-order valence-corrected chi connectivity index (χ3v) is 7.40. The fraction of sp³-hybridized carbons (Fsp3) is 0.950. The molecule has 1 aliphatic carbocycles. The van der Waals surface area contributed by atoms with Gasteiger partial charge in [-0.1, -0.05) is 40.5 Å². The van der Waals surface area contributed by atoms with Crippen LogP contribution in [-0.2, 0) is 14.1 Å². The Balaban J connectivity index is 2.58. The molecule has 0 aromatic carbocycles. The Morgan fingerprint density at radius 1 is 1.12 bits per heavy atom. The minimum atomic E-state index is -0.999. The topological polar surface area (TPSA) is 38.8 Å². The second-order valence-electron chi connectivity index (χ2n) is 9.36. The van der Waals surface area contributed by atoms with Gasteiger partial charge >= 0.3 is 0 Å². The van der Waals surface area contributed by atoms with Crippen molar-refractivity contribution in [1.29, 1.82) is 0 Å². The predicted octanol–water partition coefficient (Wildman–Crippen LogP) is 4.65. The van der Waals surface area contributed by atoms with Gasteiger partial charge in [-0.3, -0.25) is 9.63 Å². The number of carbonyl (C=O) groups excluding carboxylic acids is 1. The van der Waals surface area contributed by atoms with Crippen molar-refractivity contribution in [2.24, 2.45) is 22.7 Å². The van der Waals surface area contributed by atoms with Crippen LogP contribution >= 0.6 is 0 Å². The molecule has 1 amide bonds. The Labute approximate surface area is 157 Å². The maximum absolute atomic E-state index is 11.9. The van der Waals surface area contributed by atoms with E-state index in [1.54, 1.807) is 14.2 Å². The van der Waals surface area contributed by atoms with E-state index in [9.17, 15) is 4.79 Å². The van der Waals surface area contributed by atoms with Crippen LogP contribution in [0.15, 0.2) is 0 Å². The van der Waals surface area contributed by atoms with E-state index in [0.717, 1.165) is 13.0 Å². The first-order valence-corrected chi connectivity index (χ1v) is 12.7. The lowest BCUT2D eigenvalue weighted by atomic mass is 9.57. The van der Waals surface area contributed by atoms with Gasteiger partial charge in [0.25, 0.3) is 0 Å². The van der Waals surface area contributed by atoms with Gasteiger partial charge in [-0.15, -0.1) is 0 Å². The van der Waals surface area contributed by atoms with Crippen LogP contribution in [0.3, 0.4) is 0 Å². The van der Waals surface area contributed by atoms with Crippen LogP contribution in [0.2, 0.25) is 13.1 Å². The molecule has 0 aromatic rings. The number of hydrogen-bond acceptors (Lipinski definition) is 3. The lowest BCUT2D eigenvalue weighted by Crippen LogP contribution is -2.45. The summed E-state index contributed by atoms with van der Waals surface area (Å²) in [5.41, 5.74) is 0.465. The Morgan fingerprint density at radius 2 is 1.68 bits per heavy atom. The number of amides is 1. The van der Waals surface area contributed by atoms with Gasteiger partial charge in [0.15, 0.2) is 9.04 Å². The summed E-state index contributed by atoms with van der Waals surface area (Å²) in [5.74, 6) is 1.48. The summed E-state index contributed by atoms with van der Waals surface area (Å²) in [6.07, 6.45) is 6.57. The summed E-state index contributed by atoms with van der Waals surface area (Å²) in [6.45, 7) is 14.9. The lowest BCUT2D eigenvalue weighted by molar-refractivity contribution is -0.169. The molecule has 148 valence electrons. The normalized spacial score (nSPS) is 24.2. The van der Waals surface area contributed by atoms with Crippen LogP contribution in [0, 0.1) is 22.7 Å². The first-order valence-electron chi connectivity index (χ1n) is 9.93. The Hall–Kier alpha value is -0.393. The van der Waals surface area contributed by atoms with Crippen molar-refractivity contribution < 1.29 is 14.1 Å². The molecule has 0 N–H and O–H groups in total. The Kier molecular flexibility index (Phi) is 8.62. The van der Waals surface area contributed by atoms with E-state index >= 15 is 0 Å². The van der Waals surface area contributed by atoms with Gasteiger partial charge in [-0.25, -0.2) is 5.06 Å². The van der Waals surface area contributed by atoms with Gasteiger partial charge in [0.05, 0.1) is 7.11 Å². The van der Waals surface area contributed by atoms with Crippen LogP contribution < -0.4 is 0 Å². The first kappa shape index (κ1) is 22.6. The summed E-state index contributed by atoms with van der Waals surface area (Å²) in [6, 6.07) is 0. The van der Waals surface area contributed by atoms with E-state index in [0.29, 0.717) is 18.3 Å². The maximum atomic E-state index is 11.9. The highest BCUT2D eigenvalue weighted by Crippen LogP contribution is 2.51. The summed E-state index contributed by atoms with van der Waals surface area (Å²) < 4.78 is 6.21. The Morgan fingerprint density at radius 3 is 2.12 bits per heavy atom. The van der Waals surface area contributed by atoms with Crippen molar-refractivity contribution in [1.82, 2.24) is 5.06 Å². The van der Waals surface area contributed by atoms with Crippen molar-refractivity contribution in [3.05, 3.63) is 0 Å². The molecule has 0 radical (unpaired) electrons. The van der Waals surface area contributed by atoms with Crippen molar-refractivity contribution in [3.8, 4) is 0 Å². The van der Waals surface area contributed by atoms with E-state index in [1.165, 1.54) is 30.7 Å². The molecule has 1 saturated carbocycles. The highest BCUT2D eigenvalue weighted by Gasteiger charge is 2.45. The van der Waals surface area contributed by atoms with E-state index in [2.05, 4.69) is 40.8 Å². The molecule has 1 atom stereocenters. The number of carbonyl (C=O) groups is 1. The molecule has 4 nitrogen and oxygen atoms in total. The van der Waals surface area contributed by atoms with Gasteiger partial charge in [0.1, 0.15) is 0 Å². The van der Waals surface area contributed by atoms with Crippen LogP contribution in [0.1, 0.15) is 66.2 Å². The van der Waals surface area contributed by atoms with Crippen molar-refractivity contribution in [2.75, 3.05) is 20.8 Å². The minimum absolute atomic E-state index is 0.0828. The molecule has 0 spiro atoms. The number of hydroxylamine groups is 2. The molecule has 1 rings (SSSR count). The zero-order valence-corrected chi connectivity index (χ0v) is 19.0. The average molecular weight is 372 g/mol. The van der Waals surface area contributed by atoms with Gasteiger partial charge < -0.3 is 4.43 Å². The highest BCUT2D eigenvalue weighted by atomic mass is 28.3. The van der Waals surface area contributed by atoms with Gasteiger partial charge in [-0.2, -0.15) is 0 Å². The molecule has 1 aliphatic rings. The van der Waals surface area contributed by atoms with Crippen molar-refractivity contribution >= 4 is 14.9 Å². The maximum Gasteiger partial charge on any atom is 0.245 e. The van der Waals surface area contributed by atoms with E-state index in [4.69, 9.17) is 9.26 Å². The smallest absolute Gasteiger partial charge is 0.245 e. The third-order valence-electron chi connectivity index (χ3n) is 6.57. The van der Waals surface area contributed by atoms with E-state index in [-0.39, 0.29) is 16.7 Å². The third kappa shape index (κ3) is 6.37. The molecule has 0 aliphatic heterocycles. The monoisotopic (exact) mass is 371 g/mol. The number of nitrogens with zero attached hydrogens (tertiary/aromatic N) is 1. The largest absolute Gasteiger partial charge is 0.420 e. The van der Waals surface area contributed by atoms with Crippen molar-refractivity contribution in [3.63, 3.8) is 0 Å². The van der Waals surface area contributed by atoms with Crippen molar-refractivity contribution in [2.45, 2.75) is 79.3 Å². The SMILES string of the molecule is CON(C)C(=O)CC[C@H]1CC[C@H](C(C)(CO[SiH](C)C)C(C)(C)C)CC1. The minimum Gasteiger partial charge on any atom is -0.420 e. The molecular formula is C20H41NO3Si. The zero-order chi connectivity index (χ0) is 19.3. The van der Waals surface area contributed by atoms with Gasteiger partial charge in [-0.05, 0) is 55.0 Å². The number of hydrogen-bond donors (Lipinski definition) is 0. The van der Waals surface area contributed by atoms with Gasteiger partial charge in [0.2, 0.25) is 5.91 Å². The highest BCUT2D eigenvalue weighted by molar-refractivity contribution is 6.48. The molecule has 1 fully saturated rings. The standard InChI is InChI=1S/C20H41NO3Si/c1-19(2,3)20(4,15-24-25(7)8)17-12-9-16(10-13-17)11-14-18(22)21(5)23-6/h16-17,25H,9-15H2,1-8H3/t16-,17-,20?. The quantitative estimate of drug-likeness (QED) is 0.461.